The first kappa shape index (κ1) is 16.8. The first-order chi connectivity index (χ1) is 14.3. The number of nitrogens with zero attached hydrogens (tertiary/aromatic N) is 1. The van der Waals surface area contributed by atoms with Crippen molar-refractivity contribution >= 4 is 32.7 Å². The van der Waals surface area contributed by atoms with Gasteiger partial charge in [-0.3, -0.25) is 0 Å². The number of benzene rings is 3. The van der Waals surface area contributed by atoms with Crippen molar-refractivity contribution in [2.45, 2.75) is 38.6 Å². The second-order valence-electron chi connectivity index (χ2n) is 8.30. The Morgan fingerprint density at radius 1 is 0.828 bits per heavy atom. The van der Waals surface area contributed by atoms with Crippen molar-refractivity contribution in [2.75, 3.05) is 0 Å². The van der Waals surface area contributed by atoms with E-state index in [2.05, 4.69) is 91.3 Å². The summed E-state index contributed by atoms with van der Waals surface area (Å²) in [6.45, 7) is 4.64. The number of hydrogen-bond acceptors (Lipinski definition) is 1. The maximum atomic E-state index is 6.48. The van der Waals surface area contributed by atoms with Crippen LogP contribution in [0.4, 0.5) is 0 Å². The zero-order valence-corrected chi connectivity index (χ0v) is 16.9. The van der Waals surface area contributed by atoms with Gasteiger partial charge in [-0.1, -0.05) is 62.4 Å². The third-order valence-corrected chi connectivity index (χ3v) is 7.08. The van der Waals surface area contributed by atoms with Crippen molar-refractivity contribution in [1.82, 2.24) is 0 Å². The molecule has 0 bridgehead atoms. The van der Waals surface area contributed by atoms with Crippen LogP contribution < -0.4 is 4.57 Å². The van der Waals surface area contributed by atoms with Crippen LogP contribution in [-0.4, -0.2) is 0 Å². The molecule has 1 aliphatic rings. The molecule has 0 saturated carbocycles. The van der Waals surface area contributed by atoms with E-state index in [1.807, 2.05) is 0 Å². The maximum absolute atomic E-state index is 6.48. The summed E-state index contributed by atoms with van der Waals surface area (Å²) in [5, 5.41) is 4.98. The van der Waals surface area contributed by atoms with E-state index in [0.717, 1.165) is 30.4 Å². The second kappa shape index (κ2) is 5.93. The molecule has 0 fully saturated rings. The first-order valence-electron chi connectivity index (χ1n) is 10.6. The lowest BCUT2D eigenvalue weighted by Gasteiger charge is -2.33. The largest absolute Gasteiger partial charge is 0.455 e. The summed E-state index contributed by atoms with van der Waals surface area (Å²) in [6.07, 6.45) is 5.56. The number of para-hydroxylation sites is 1. The Morgan fingerprint density at radius 2 is 1.59 bits per heavy atom. The Kier molecular flexibility index (Phi) is 3.44. The van der Waals surface area contributed by atoms with Crippen molar-refractivity contribution < 1.29 is 8.98 Å². The minimum atomic E-state index is 0.103. The van der Waals surface area contributed by atoms with Gasteiger partial charge in [0, 0.05) is 36.1 Å². The molecule has 2 aromatic heterocycles. The zero-order chi connectivity index (χ0) is 19.6. The maximum Gasteiger partial charge on any atom is 0.224 e. The predicted molar refractivity (Wildman–Crippen MR) is 119 cm³/mol. The number of aromatic nitrogens is 1. The SMILES string of the molecule is CCC1(CC)Cc2ccc3c(oc4ccccc43)c2-c2c3ccccc3cc[n+]21. The summed E-state index contributed by atoms with van der Waals surface area (Å²) in [6, 6.07) is 24.0. The van der Waals surface area contributed by atoms with Crippen LogP contribution >= 0.6 is 0 Å². The predicted octanol–water partition coefficient (Wildman–Crippen LogP) is 6.77. The van der Waals surface area contributed by atoms with Crippen molar-refractivity contribution in [3.05, 3.63) is 78.5 Å². The topological polar surface area (TPSA) is 17.0 Å². The molecule has 0 aliphatic carbocycles. The van der Waals surface area contributed by atoms with E-state index in [0.29, 0.717) is 0 Å². The molecule has 0 radical (unpaired) electrons. The van der Waals surface area contributed by atoms with Crippen LogP contribution in [0.5, 0.6) is 0 Å². The van der Waals surface area contributed by atoms with E-state index in [9.17, 15) is 0 Å². The fraction of sp³-hybridized carbons (Fsp3) is 0.222. The monoisotopic (exact) mass is 378 g/mol. The molecular weight excluding hydrogens is 354 g/mol. The Balaban J connectivity index is 1.83. The lowest BCUT2D eigenvalue weighted by Crippen LogP contribution is -2.60. The van der Waals surface area contributed by atoms with Crippen LogP contribution in [0.3, 0.4) is 0 Å². The van der Waals surface area contributed by atoms with Crippen molar-refractivity contribution in [1.29, 1.82) is 0 Å². The van der Waals surface area contributed by atoms with Gasteiger partial charge in [-0.05, 0) is 23.1 Å². The molecule has 142 valence electrons. The average Bonchev–Trinajstić information content (AvgIpc) is 3.16. The molecule has 3 heterocycles. The van der Waals surface area contributed by atoms with Gasteiger partial charge in [0.1, 0.15) is 11.2 Å². The molecule has 0 atom stereocenters. The molecule has 6 rings (SSSR count). The van der Waals surface area contributed by atoms with E-state index in [-0.39, 0.29) is 5.54 Å². The summed E-state index contributed by atoms with van der Waals surface area (Å²) < 4.78 is 9.02. The van der Waals surface area contributed by atoms with E-state index in [4.69, 9.17) is 4.42 Å². The van der Waals surface area contributed by atoms with E-state index in [1.165, 1.54) is 38.4 Å². The highest BCUT2D eigenvalue weighted by atomic mass is 16.3. The molecule has 2 heteroatoms. The van der Waals surface area contributed by atoms with Crippen LogP contribution in [0, 0.1) is 0 Å². The Bertz CT molecular complexity index is 1400. The van der Waals surface area contributed by atoms with Gasteiger partial charge >= 0.3 is 0 Å². The van der Waals surface area contributed by atoms with Crippen LogP contribution in [0.15, 0.2) is 77.3 Å². The molecule has 0 N–H and O–H groups in total. The van der Waals surface area contributed by atoms with E-state index < -0.39 is 0 Å². The van der Waals surface area contributed by atoms with Gasteiger partial charge in [-0.25, -0.2) is 0 Å². The quantitative estimate of drug-likeness (QED) is 0.310. The van der Waals surface area contributed by atoms with Crippen molar-refractivity contribution in [2.24, 2.45) is 0 Å². The van der Waals surface area contributed by atoms with Gasteiger partial charge in [-0.2, -0.15) is 4.57 Å². The summed E-state index contributed by atoms with van der Waals surface area (Å²) in [5.74, 6) is 0. The summed E-state index contributed by atoms with van der Waals surface area (Å²) in [7, 11) is 0. The highest BCUT2D eigenvalue weighted by Crippen LogP contribution is 2.44. The molecule has 0 saturated heterocycles. The van der Waals surface area contributed by atoms with Crippen LogP contribution in [0.2, 0.25) is 0 Å². The van der Waals surface area contributed by atoms with Crippen molar-refractivity contribution in [3.8, 4) is 11.3 Å². The molecule has 5 aromatic rings. The normalized spacial score (nSPS) is 15.0. The highest BCUT2D eigenvalue weighted by molar-refractivity contribution is 6.11. The van der Waals surface area contributed by atoms with E-state index in [1.54, 1.807) is 0 Å². The molecule has 29 heavy (non-hydrogen) atoms. The average molecular weight is 378 g/mol. The zero-order valence-electron chi connectivity index (χ0n) is 16.9. The molecule has 1 aliphatic heterocycles. The minimum absolute atomic E-state index is 0.103. The highest BCUT2D eigenvalue weighted by Gasteiger charge is 2.45. The fourth-order valence-corrected chi connectivity index (χ4v) is 5.38. The first-order valence-corrected chi connectivity index (χ1v) is 10.6. The Labute approximate surface area is 170 Å². The van der Waals surface area contributed by atoms with Gasteiger partial charge in [-0.15, -0.1) is 0 Å². The third kappa shape index (κ3) is 2.15. The lowest BCUT2D eigenvalue weighted by atomic mass is 9.78. The van der Waals surface area contributed by atoms with Gasteiger partial charge in [0.25, 0.3) is 0 Å². The van der Waals surface area contributed by atoms with Crippen molar-refractivity contribution in [3.63, 3.8) is 0 Å². The number of pyridine rings is 1. The standard InChI is InChI=1S/C27H24NO/c1-3-27(4-2)17-19-13-14-22-21-11-7-8-12-23(21)29-26(22)24(19)25-20-10-6-5-9-18(20)15-16-28(25)27/h5-16H,3-4,17H2,1-2H3/q+1. The Morgan fingerprint density at radius 3 is 2.41 bits per heavy atom. The molecule has 0 unspecified atom stereocenters. The second-order valence-corrected chi connectivity index (χ2v) is 8.30. The number of fused-ring (bicyclic) bond motifs is 9. The van der Waals surface area contributed by atoms with Crippen LogP contribution in [0.1, 0.15) is 32.3 Å². The van der Waals surface area contributed by atoms with E-state index >= 15 is 0 Å². The molecule has 3 aromatic carbocycles. The van der Waals surface area contributed by atoms with Gasteiger partial charge in [0.15, 0.2) is 11.7 Å². The van der Waals surface area contributed by atoms with Crippen LogP contribution in [0.25, 0.3) is 44.0 Å². The van der Waals surface area contributed by atoms with Crippen LogP contribution in [-0.2, 0) is 12.0 Å². The number of furan rings is 1. The summed E-state index contributed by atoms with van der Waals surface area (Å²) >= 11 is 0. The van der Waals surface area contributed by atoms with Gasteiger partial charge in [0.2, 0.25) is 5.69 Å². The van der Waals surface area contributed by atoms with Gasteiger partial charge in [0.05, 0.1) is 10.9 Å². The minimum Gasteiger partial charge on any atom is -0.455 e. The number of rotatable bonds is 2. The summed E-state index contributed by atoms with van der Waals surface area (Å²) in [5.41, 5.74) is 6.06. The molecule has 0 spiro atoms. The lowest BCUT2D eigenvalue weighted by molar-refractivity contribution is -0.757. The third-order valence-electron chi connectivity index (χ3n) is 7.08. The molecule has 2 nitrogen and oxygen atoms in total. The summed E-state index contributed by atoms with van der Waals surface area (Å²) in [4.78, 5) is 0. The molecular formula is C27H24NO+. The number of hydrogen-bond donors (Lipinski definition) is 0. The Hall–Kier alpha value is -3.13. The molecule has 0 amide bonds. The smallest absolute Gasteiger partial charge is 0.224 e. The van der Waals surface area contributed by atoms with Gasteiger partial charge < -0.3 is 4.42 Å². The fourth-order valence-electron chi connectivity index (χ4n) is 5.38.